The molecule has 7 nitrogen and oxygen atoms in total. The molecular weight excluding hydrogens is 378 g/mol. The van der Waals surface area contributed by atoms with E-state index in [1.807, 2.05) is 62.1 Å². The number of carbonyl (C=O) groups excluding carboxylic acids is 1. The molecule has 4 rings (SSSR count). The average Bonchev–Trinajstić information content (AvgIpc) is 3.26. The number of anilines is 2. The molecule has 1 aliphatic rings. The Labute approximate surface area is 176 Å². The highest BCUT2D eigenvalue weighted by Gasteiger charge is 2.21. The summed E-state index contributed by atoms with van der Waals surface area (Å²) in [5, 5.41) is 7.04. The zero-order valence-electron chi connectivity index (χ0n) is 17.6. The first-order valence-corrected chi connectivity index (χ1v) is 10.3. The van der Waals surface area contributed by atoms with Crippen molar-refractivity contribution in [2.45, 2.75) is 26.7 Å². The van der Waals surface area contributed by atoms with Gasteiger partial charge in [-0.3, -0.25) is 0 Å². The summed E-state index contributed by atoms with van der Waals surface area (Å²) in [6.45, 7) is 9.04. The summed E-state index contributed by atoms with van der Waals surface area (Å²) in [6, 6.07) is 16.0. The van der Waals surface area contributed by atoms with Crippen molar-refractivity contribution in [3.05, 3.63) is 60.0 Å². The maximum atomic E-state index is 12.5. The van der Waals surface area contributed by atoms with E-state index in [4.69, 9.17) is 4.52 Å². The number of rotatable bonds is 4. The maximum absolute atomic E-state index is 12.5. The van der Waals surface area contributed by atoms with E-state index in [-0.39, 0.29) is 11.9 Å². The first kappa shape index (κ1) is 19.9. The van der Waals surface area contributed by atoms with E-state index in [9.17, 15) is 4.79 Å². The summed E-state index contributed by atoms with van der Waals surface area (Å²) in [5.41, 5.74) is 4.06. The molecular formula is C23H27N5O2. The lowest BCUT2D eigenvalue weighted by Crippen LogP contribution is -2.50. The van der Waals surface area contributed by atoms with Crippen LogP contribution in [0.25, 0.3) is 11.4 Å². The van der Waals surface area contributed by atoms with Crippen LogP contribution in [-0.2, 0) is 0 Å². The SMILES string of the molecule is Cc1ccc(NC(=O)N2CCN(c3ccc(-c4noc(C(C)C)n4)cc3)CC2)cc1. The smallest absolute Gasteiger partial charge is 0.321 e. The minimum atomic E-state index is -0.0492. The van der Waals surface area contributed by atoms with E-state index < -0.39 is 0 Å². The van der Waals surface area contributed by atoms with Crippen LogP contribution in [0.2, 0.25) is 0 Å². The van der Waals surface area contributed by atoms with Crippen LogP contribution in [-0.4, -0.2) is 47.3 Å². The summed E-state index contributed by atoms with van der Waals surface area (Å²) in [4.78, 5) is 21.1. The highest BCUT2D eigenvalue weighted by Crippen LogP contribution is 2.24. The molecule has 1 fully saturated rings. The van der Waals surface area contributed by atoms with Crippen molar-refractivity contribution in [1.29, 1.82) is 0 Å². The number of aryl methyl sites for hydroxylation is 1. The fourth-order valence-electron chi connectivity index (χ4n) is 3.42. The Morgan fingerprint density at radius 3 is 2.27 bits per heavy atom. The van der Waals surface area contributed by atoms with Gasteiger partial charge in [0, 0.05) is 49.0 Å². The fraction of sp³-hybridized carbons (Fsp3) is 0.348. The summed E-state index contributed by atoms with van der Waals surface area (Å²) in [5.74, 6) is 1.47. The summed E-state index contributed by atoms with van der Waals surface area (Å²) in [6.07, 6.45) is 0. The number of hydrogen-bond donors (Lipinski definition) is 1. The third-order valence-corrected chi connectivity index (χ3v) is 5.30. The molecule has 0 radical (unpaired) electrons. The zero-order chi connectivity index (χ0) is 21.1. The third kappa shape index (κ3) is 4.45. The number of piperazine rings is 1. The van der Waals surface area contributed by atoms with Gasteiger partial charge in [0.15, 0.2) is 0 Å². The van der Waals surface area contributed by atoms with E-state index in [0.717, 1.165) is 30.0 Å². The first-order chi connectivity index (χ1) is 14.5. The van der Waals surface area contributed by atoms with Gasteiger partial charge in [0.2, 0.25) is 11.7 Å². The Morgan fingerprint density at radius 2 is 1.67 bits per heavy atom. The molecule has 1 saturated heterocycles. The molecule has 0 atom stereocenters. The highest BCUT2D eigenvalue weighted by molar-refractivity contribution is 5.89. The monoisotopic (exact) mass is 405 g/mol. The predicted octanol–water partition coefficient (Wildman–Crippen LogP) is 4.52. The lowest BCUT2D eigenvalue weighted by molar-refractivity contribution is 0.208. The number of hydrogen-bond acceptors (Lipinski definition) is 5. The van der Waals surface area contributed by atoms with Crippen molar-refractivity contribution < 1.29 is 9.32 Å². The molecule has 30 heavy (non-hydrogen) atoms. The molecule has 0 saturated carbocycles. The molecule has 156 valence electrons. The van der Waals surface area contributed by atoms with Crippen molar-refractivity contribution in [2.24, 2.45) is 0 Å². The third-order valence-electron chi connectivity index (χ3n) is 5.30. The van der Waals surface area contributed by atoms with Gasteiger partial charge in [-0.25, -0.2) is 4.79 Å². The van der Waals surface area contributed by atoms with Gasteiger partial charge in [-0.15, -0.1) is 0 Å². The number of carbonyl (C=O) groups is 1. The minimum absolute atomic E-state index is 0.0492. The second-order valence-corrected chi connectivity index (χ2v) is 7.93. The molecule has 3 aromatic rings. The van der Waals surface area contributed by atoms with Crippen LogP contribution in [0.5, 0.6) is 0 Å². The number of nitrogens with zero attached hydrogens (tertiary/aromatic N) is 4. The lowest BCUT2D eigenvalue weighted by Gasteiger charge is -2.36. The van der Waals surface area contributed by atoms with Crippen molar-refractivity contribution in [2.75, 3.05) is 36.4 Å². The Morgan fingerprint density at radius 1 is 1.00 bits per heavy atom. The van der Waals surface area contributed by atoms with E-state index in [2.05, 4.69) is 32.5 Å². The Hall–Kier alpha value is -3.35. The molecule has 2 aromatic carbocycles. The molecule has 0 spiro atoms. The molecule has 2 heterocycles. The van der Waals surface area contributed by atoms with E-state index in [0.29, 0.717) is 24.8 Å². The topological polar surface area (TPSA) is 74.5 Å². The van der Waals surface area contributed by atoms with Gasteiger partial charge in [-0.1, -0.05) is 36.7 Å². The molecule has 7 heteroatoms. The molecule has 0 unspecified atom stereocenters. The number of urea groups is 1. The Kier molecular flexibility index (Phi) is 5.70. The van der Waals surface area contributed by atoms with Crippen molar-refractivity contribution in [3.8, 4) is 11.4 Å². The van der Waals surface area contributed by atoms with Gasteiger partial charge in [-0.2, -0.15) is 4.98 Å². The number of nitrogens with one attached hydrogen (secondary N) is 1. The van der Waals surface area contributed by atoms with Crippen molar-refractivity contribution in [3.63, 3.8) is 0 Å². The van der Waals surface area contributed by atoms with Crippen LogP contribution < -0.4 is 10.2 Å². The second kappa shape index (κ2) is 8.57. The number of amides is 2. The fourth-order valence-corrected chi connectivity index (χ4v) is 3.42. The quantitative estimate of drug-likeness (QED) is 0.691. The van der Waals surface area contributed by atoms with Gasteiger partial charge < -0.3 is 19.6 Å². The van der Waals surface area contributed by atoms with Crippen LogP contribution in [0.3, 0.4) is 0 Å². The van der Waals surface area contributed by atoms with E-state index in [1.54, 1.807) is 0 Å². The van der Waals surface area contributed by atoms with Crippen LogP contribution in [0, 0.1) is 6.92 Å². The molecule has 1 aliphatic heterocycles. The predicted molar refractivity (Wildman–Crippen MR) is 118 cm³/mol. The van der Waals surface area contributed by atoms with Crippen molar-refractivity contribution >= 4 is 17.4 Å². The van der Waals surface area contributed by atoms with Gasteiger partial charge in [0.05, 0.1) is 0 Å². The largest absolute Gasteiger partial charge is 0.368 e. The van der Waals surface area contributed by atoms with Crippen LogP contribution in [0.1, 0.15) is 31.2 Å². The van der Waals surface area contributed by atoms with E-state index >= 15 is 0 Å². The summed E-state index contributed by atoms with van der Waals surface area (Å²) >= 11 is 0. The maximum Gasteiger partial charge on any atom is 0.321 e. The highest BCUT2D eigenvalue weighted by atomic mass is 16.5. The number of benzene rings is 2. The molecule has 1 aromatic heterocycles. The molecule has 0 aliphatic carbocycles. The molecule has 1 N–H and O–H groups in total. The van der Waals surface area contributed by atoms with Gasteiger partial charge in [0.25, 0.3) is 0 Å². The minimum Gasteiger partial charge on any atom is -0.368 e. The Balaban J connectivity index is 1.33. The van der Waals surface area contributed by atoms with Crippen LogP contribution in [0.4, 0.5) is 16.2 Å². The standard InChI is InChI=1S/C23H27N5O2/c1-16(2)22-25-21(26-30-22)18-6-10-20(11-7-18)27-12-14-28(15-13-27)23(29)24-19-8-4-17(3)5-9-19/h4-11,16H,12-15H2,1-3H3,(H,24,29). The lowest BCUT2D eigenvalue weighted by atomic mass is 10.1. The van der Waals surface area contributed by atoms with Gasteiger partial charge >= 0.3 is 6.03 Å². The zero-order valence-corrected chi connectivity index (χ0v) is 17.6. The summed E-state index contributed by atoms with van der Waals surface area (Å²) < 4.78 is 5.29. The van der Waals surface area contributed by atoms with Crippen LogP contribution >= 0.6 is 0 Å². The normalized spacial score (nSPS) is 14.3. The second-order valence-electron chi connectivity index (χ2n) is 7.93. The van der Waals surface area contributed by atoms with E-state index in [1.165, 1.54) is 5.56 Å². The first-order valence-electron chi connectivity index (χ1n) is 10.3. The Bertz CT molecular complexity index is 987. The number of aromatic nitrogens is 2. The van der Waals surface area contributed by atoms with Gasteiger partial charge in [0.1, 0.15) is 0 Å². The molecule has 2 amide bonds. The van der Waals surface area contributed by atoms with Crippen LogP contribution in [0.15, 0.2) is 53.1 Å². The summed E-state index contributed by atoms with van der Waals surface area (Å²) in [7, 11) is 0. The average molecular weight is 406 g/mol. The molecule has 0 bridgehead atoms. The van der Waals surface area contributed by atoms with Crippen molar-refractivity contribution in [1.82, 2.24) is 15.0 Å². The van der Waals surface area contributed by atoms with Gasteiger partial charge in [-0.05, 0) is 43.3 Å².